The van der Waals surface area contributed by atoms with Crippen LogP contribution in [0.5, 0.6) is 0 Å². The average molecular weight is 551 g/mol. The molecular weight excluding hydrogens is 529 g/mol. The average Bonchev–Trinajstić information content (AvgIpc) is 3.26. The fourth-order valence-electron chi connectivity index (χ4n) is 3.94. The third kappa shape index (κ3) is 5.72. The lowest BCUT2D eigenvalue weighted by molar-refractivity contribution is -0.115. The smallest absolute Gasteiger partial charge is 0.228 e. The van der Waals surface area contributed by atoms with Gasteiger partial charge in [0.15, 0.2) is 5.65 Å². The molecule has 1 amide bonds. The molecule has 0 saturated carbocycles. The summed E-state index contributed by atoms with van der Waals surface area (Å²) < 4.78 is 1.79. The lowest BCUT2D eigenvalue weighted by Gasteiger charge is -2.12. The number of nitrogens with zero attached hydrogens (tertiary/aromatic N) is 3. The van der Waals surface area contributed by atoms with Crippen molar-refractivity contribution in [3.05, 3.63) is 111 Å². The molecule has 0 aliphatic rings. The maximum atomic E-state index is 12.4. The van der Waals surface area contributed by atoms with Gasteiger partial charge in [-0.05, 0) is 48.4 Å². The molecule has 2 heterocycles. The normalized spacial score (nSPS) is 11.0. The Hall–Kier alpha value is -3.58. The number of aromatic nitrogens is 3. The molecule has 0 bridgehead atoms. The van der Waals surface area contributed by atoms with Crippen LogP contribution in [0.4, 0.5) is 11.5 Å². The first-order valence-electron chi connectivity index (χ1n) is 11.5. The monoisotopic (exact) mass is 549 g/mol. The number of anilines is 2. The number of aryl methyl sites for hydroxylation is 1. The van der Waals surface area contributed by atoms with Crippen molar-refractivity contribution in [3.63, 3.8) is 0 Å². The van der Waals surface area contributed by atoms with E-state index in [1.54, 1.807) is 28.9 Å². The summed E-state index contributed by atoms with van der Waals surface area (Å²) in [4.78, 5) is 17.2. The van der Waals surface area contributed by atoms with E-state index in [1.165, 1.54) is 0 Å². The molecule has 37 heavy (non-hydrogen) atoms. The molecule has 5 rings (SSSR count). The van der Waals surface area contributed by atoms with Crippen LogP contribution in [0.15, 0.2) is 79.0 Å². The summed E-state index contributed by atoms with van der Waals surface area (Å²) in [7, 11) is 0. The van der Waals surface area contributed by atoms with E-state index in [-0.39, 0.29) is 12.3 Å². The standard InChI is InChI=1S/C28H22Cl3N5O/c1-17-15-33-36-26(14-25(35-28(17)36)21-4-2-3-5-22(21)29)32-16-18-6-9-20(10-7-18)34-27(37)13-19-8-11-23(30)24(31)12-19/h2-12,14-15,32H,13,16H2,1H3,(H,34,37). The molecule has 186 valence electrons. The summed E-state index contributed by atoms with van der Waals surface area (Å²) in [5.74, 6) is 0.664. The highest BCUT2D eigenvalue weighted by atomic mass is 35.5. The second-order valence-corrected chi connectivity index (χ2v) is 9.81. The van der Waals surface area contributed by atoms with Gasteiger partial charge in [0.25, 0.3) is 0 Å². The maximum absolute atomic E-state index is 12.4. The Bertz CT molecular complexity index is 1600. The van der Waals surface area contributed by atoms with Crippen LogP contribution < -0.4 is 10.6 Å². The van der Waals surface area contributed by atoms with E-state index in [1.807, 2.05) is 61.5 Å². The molecule has 0 unspecified atom stereocenters. The van der Waals surface area contributed by atoms with Crippen molar-refractivity contribution in [2.45, 2.75) is 19.9 Å². The summed E-state index contributed by atoms with van der Waals surface area (Å²) in [5.41, 5.74) is 5.90. The molecule has 0 aliphatic heterocycles. The summed E-state index contributed by atoms with van der Waals surface area (Å²) in [6.07, 6.45) is 1.99. The van der Waals surface area contributed by atoms with Crippen LogP contribution in [0, 0.1) is 6.92 Å². The lowest BCUT2D eigenvalue weighted by atomic mass is 10.1. The molecule has 0 atom stereocenters. The predicted molar refractivity (Wildman–Crippen MR) is 151 cm³/mol. The molecule has 6 nitrogen and oxygen atoms in total. The van der Waals surface area contributed by atoms with Gasteiger partial charge in [0, 0.05) is 34.4 Å². The van der Waals surface area contributed by atoms with Crippen LogP contribution in [-0.2, 0) is 17.8 Å². The first kappa shape index (κ1) is 25.1. The first-order chi connectivity index (χ1) is 17.9. The van der Waals surface area contributed by atoms with Crippen molar-refractivity contribution in [1.82, 2.24) is 14.6 Å². The maximum Gasteiger partial charge on any atom is 0.228 e. The van der Waals surface area contributed by atoms with Crippen LogP contribution in [0.25, 0.3) is 16.9 Å². The summed E-state index contributed by atoms with van der Waals surface area (Å²) in [6, 6.07) is 22.4. The number of benzene rings is 3. The van der Waals surface area contributed by atoms with E-state index >= 15 is 0 Å². The number of hydrogen-bond acceptors (Lipinski definition) is 4. The van der Waals surface area contributed by atoms with Crippen LogP contribution in [0.2, 0.25) is 15.1 Å². The number of carbonyl (C=O) groups excluding carboxylic acids is 1. The van der Waals surface area contributed by atoms with Gasteiger partial charge in [0.2, 0.25) is 5.91 Å². The largest absolute Gasteiger partial charge is 0.366 e. The van der Waals surface area contributed by atoms with E-state index in [9.17, 15) is 4.79 Å². The lowest BCUT2D eigenvalue weighted by Crippen LogP contribution is -2.14. The molecule has 2 aromatic heterocycles. The second kappa shape index (κ2) is 10.8. The Morgan fingerprint density at radius 2 is 1.65 bits per heavy atom. The summed E-state index contributed by atoms with van der Waals surface area (Å²) >= 11 is 18.4. The molecule has 3 aromatic carbocycles. The Morgan fingerprint density at radius 3 is 2.41 bits per heavy atom. The van der Waals surface area contributed by atoms with Gasteiger partial charge in [-0.2, -0.15) is 9.61 Å². The third-order valence-electron chi connectivity index (χ3n) is 5.86. The van der Waals surface area contributed by atoms with Crippen LogP contribution in [-0.4, -0.2) is 20.5 Å². The van der Waals surface area contributed by atoms with Crippen LogP contribution in [0.1, 0.15) is 16.7 Å². The van der Waals surface area contributed by atoms with Crippen molar-refractivity contribution in [1.29, 1.82) is 0 Å². The number of carbonyl (C=O) groups is 1. The highest BCUT2D eigenvalue weighted by molar-refractivity contribution is 6.42. The minimum absolute atomic E-state index is 0.135. The Labute approximate surface area is 229 Å². The Morgan fingerprint density at radius 1 is 0.892 bits per heavy atom. The highest BCUT2D eigenvalue weighted by Crippen LogP contribution is 2.29. The number of hydrogen-bond donors (Lipinski definition) is 2. The molecule has 2 N–H and O–H groups in total. The van der Waals surface area contributed by atoms with Crippen LogP contribution >= 0.6 is 34.8 Å². The van der Waals surface area contributed by atoms with Gasteiger partial charge in [-0.25, -0.2) is 4.98 Å². The minimum Gasteiger partial charge on any atom is -0.366 e. The number of fused-ring (bicyclic) bond motifs is 1. The molecule has 0 fully saturated rings. The van der Waals surface area contributed by atoms with Crippen molar-refractivity contribution in [2.75, 3.05) is 10.6 Å². The Kier molecular flexibility index (Phi) is 7.33. The first-order valence-corrected chi connectivity index (χ1v) is 12.7. The van der Waals surface area contributed by atoms with Crippen molar-refractivity contribution >= 4 is 57.9 Å². The van der Waals surface area contributed by atoms with Gasteiger partial charge in [-0.1, -0.05) is 71.2 Å². The summed E-state index contributed by atoms with van der Waals surface area (Å²) in [5, 5.41) is 12.4. The van der Waals surface area contributed by atoms with E-state index in [0.29, 0.717) is 27.3 Å². The van der Waals surface area contributed by atoms with E-state index in [0.717, 1.165) is 39.4 Å². The molecule has 0 spiro atoms. The number of halogens is 3. The molecule has 0 aliphatic carbocycles. The van der Waals surface area contributed by atoms with Gasteiger partial charge in [0.1, 0.15) is 5.82 Å². The number of amides is 1. The second-order valence-electron chi connectivity index (χ2n) is 8.59. The third-order valence-corrected chi connectivity index (χ3v) is 6.93. The topological polar surface area (TPSA) is 71.3 Å². The molecule has 0 radical (unpaired) electrons. The zero-order valence-electron chi connectivity index (χ0n) is 19.8. The van der Waals surface area contributed by atoms with Crippen molar-refractivity contribution in [2.24, 2.45) is 0 Å². The highest BCUT2D eigenvalue weighted by Gasteiger charge is 2.13. The van der Waals surface area contributed by atoms with Gasteiger partial charge in [-0.15, -0.1) is 0 Å². The SMILES string of the molecule is Cc1cnn2c(NCc3ccc(NC(=O)Cc4ccc(Cl)c(Cl)c4)cc3)cc(-c3ccccc3Cl)nc12. The predicted octanol–water partition coefficient (Wildman–Crippen LogP) is 7.46. The number of rotatable bonds is 7. The van der Waals surface area contributed by atoms with E-state index in [4.69, 9.17) is 39.8 Å². The molecule has 0 saturated heterocycles. The molecular formula is C28H22Cl3N5O. The Balaban J connectivity index is 1.28. The van der Waals surface area contributed by atoms with Crippen LogP contribution in [0.3, 0.4) is 0 Å². The van der Waals surface area contributed by atoms with Crippen molar-refractivity contribution in [3.8, 4) is 11.3 Å². The van der Waals surface area contributed by atoms with E-state index < -0.39 is 0 Å². The number of nitrogens with one attached hydrogen (secondary N) is 2. The fraction of sp³-hybridized carbons (Fsp3) is 0.107. The van der Waals surface area contributed by atoms with Gasteiger partial charge in [0.05, 0.1) is 28.4 Å². The van der Waals surface area contributed by atoms with Gasteiger partial charge < -0.3 is 10.6 Å². The van der Waals surface area contributed by atoms with Gasteiger partial charge in [-0.3, -0.25) is 4.79 Å². The molecule has 9 heteroatoms. The summed E-state index contributed by atoms with van der Waals surface area (Å²) in [6.45, 7) is 2.53. The zero-order valence-corrected chi connectivity index (χ0v) is 22.1. The van der Waals surface area contributed by atoms with Crippen molar-refractivity contribution < 1.29 is 4.79 Å². The zero-order chi connectivity index (χ0) is 25.9. The quantitative estimate of drug-likeness (QED) is 0.221. The van der Waals surface area contributed by atoms with E-state index in [2.05, 4.69) is 15.7 Å². The fourth-order valence-corrected chi connectivity index (χ4v) is 4.50. The minimum atomic E-state index is -0.135. The van der Waals surface area contributed by atoms with Gasteiger partial charge >= 0.3 is 0 Å². The molecule has 5 aromatic rings.